The number of fused-ring (bicyclic) bond motifs is 3. The first-order valence-corrected chi connectivity index (χ1v) is 10.8. The molecule has 1 N–H and O–H groups in total. The zero-order valence-electron chi connectivity index (χ0n) is 15.5. The smallest absolute Gasteiger partial charge is 0.264 e. The van der Waals surface area contributed by atoms with E-state index in [0.717, 1.165) is 18.4 Å². The fraction of sp³-hybridized carbons (Fsp3) is 0.136. The van der Waals surface area contributed by atoms with Gasteiger partial charge in [0, 0.05) is 6.54 Å². The maximum absolute atomic E-state index is 13.4. The average Bonchev–Trinajstić information content (AvgIpc) is 2.88. The van der Waals surface area contributed by atoms with Crippen molar-refractivity contribution in [1.82, 2.24) is 0 Å². The Morgan fingerprint density at radius 2 is 1.72 bits per heavy atom. The van der Waals surface area contributed by atoms with E-state index >= 15 is 0 Å². The number of aryl methyl sites for hydroxylation is 1. The van der Waals surface area contributed by atoms with Gasteiger partial charge in [-0.15, -0.1) is 0 Å². The molecule has 2 aliphatic heterocycles. The van der Waals surface area contributed by atoms with Crippen molar-refractivity contribution in [3.05, 3.63) is 77.9 Å². The molecule has 2 aliphatic rings. The van der Waals surface area contributed by atoms with Gasteiger partial charge in [0.25, 0.3) is 15.9 Å². The quantitative estimate of drug-likeness (QED) is 0.693. The highest BCUT2D eigenvalue weighted by molar-refractivity contribution is 7.92. The van der Waals surface area contributed by atoms with Gasteiger partial charge in [-0.3, -0.25) is 9.10 Å². The lowest BCUT2D eigenvalue weighted by atomic mass is 10.0. The summed E-state index contributed by atoms with van der Waals surface area (Å²) in [5.41, 5.74) is 2.44. The summed E-state index contributed by atoms with van der Waals surface area (Å²) in [6, 6.07) is 19.0. The number of nitrogens with one attached hydrogen (secondary N) is 1. The third-order valence-electron chi connectivity index (χ3n) is 5.21. The number of benzene rings is 3. The van der Waals surface area contributed by atoms with E-state index in [4.69, 9.17) is 4.74 Å². The topological polar surface area (TPSA) is 75.7 Å². The van der Waals surface area contributed by atoms with Gasteiger partial charge < -0.3 is 10.1 Å². The molecular weight excluding hydrogens is 388 g/mol. The van der Waals surface area contributed by atoms with E-state index in [-0.39, 0.29) is 10.5 Å². The molecular formula is C22H18N2O4S. The van der Waals surface area contributed by atoms with Crippen LogP contribution in [-0.4, -0.2) is 20.9 Å². The standard InChI is InChI=1S/C22H18N2O4S/c25-22-17-14-16(11-12-20(17)28-21-10-4-2-8-18(21)23-22)29(26,27)24-13-5-7-15-6-1-3-9-19(15)24/h1-4,6,8-12,14H,5,7,13H2,(H,23,25). The number of amides is 1. The molecule has 7 heteroatoms. The van der Waals surface area contributed by atoms with Crippen molar-refractivity contribution in [2.75, 3.05) is 16.2 Å². The van der Waals surface area contributed by atoms with Gasteiger partial charge in [0.2, 0.25) is 0 Å². The van der Waals surface area contributed by atoms with Crippen molar-refractivity contribution >= 4 is 27.3 Å². The third-order valence-corrected chi connectivity index (χ3v) is 7.02. The molecule has 0 spiro atoms. The normalized spacial score (nSPS) is 15.3. The van der Waals surface area contributed by atoms with Gasteiger partial charge in [0.15, 0.2) is 5.75 Å². The predicted molar refractivity (Wildman–Crippen MR) is 110 cm³/mol. The van der Waals surface area contributed by atoms with Crippen molar-refractivity contribution in [2.45, 2.75) is 17.7 Å². The zero-order valence-corrected chi connectivity index (χ0v) is 16.3. The molecule has 0 radical (unpaired) electrons. The second-order valence-electron chi connectivity index (χ2n) is 7.02. The average molecular weight is 406 g/mol. The summed E-state index contributed by atoms with van der Waals surface area (Å²) in [6.07, 6.45) is 1.60. The first-order valence-electron chi connectivity index (χ1n) is 9.37. The van der Waals surface area contributed by atoms with Gasteiger partial charge in [0.1, 0.15) is 5.75 Å². The summed E-state index contributed by atoms with van der Waals surface area (Å²) in [5, 5.41) is 2.78. The maximum atomic E-state index is 13.4. The van der Waals surface area contributed by atoms with Crippen LogP contribution >= 0.6 is 0 Å². The van der Waals surface area contributed by atoms with Gasteiger partial charge in [-0.05, 0) is 54.8 Å². The van der Waals surface area contributed by atoms with Gasteiger partial charge in [-0.2, -0.15) is 0 Å². The molecule has 3 aromatic rings. The van der Waals surface area contributed by atoms with Crippen LogP contribution in [0.15, 0.2) is 71.6 Å². The lowest BCUT2D eigenvalue weighted by Gasteiger charge is -2.30. The van der Waals surface area contributed by atoms with E-state index in [1.54, 1.807) is 24.3 Å². The first-order chi connectivity index (χ1) is 14.0. The predicted octanol–water partition coefficient (Wildman–Crippen LogP) is 4.19. The van der Waals surface area contributed by atoms with Crippen LogP contribution in [0.4, 0.5) is 11.4 Å². The Morgan fingerprint density at radius 1 is 0.931 bits per heavy atom. The van der Waals surface area contributed by atoms with Crippen molar-refractivity contribution in [2.24, 2.45) is 0 Å². The van der Waals surface area contributed by atoms with Gasteiger partial charge >= 0.3 is 0 Å². The molecule has 0 unspecified atom stereocenters. The third kappa shape index (κ3) is 2.94. The molecule has 1 amide bonds. The zero-order chi connectivity index (χ0) is 20.0. The number of sulfonamides is 1. The van der Waals surface area contributed by atoms with Crippen LogP contribution in [0.2, 0.25) is 0 Å². The number of carbonyl (C=O) groups is 1. The van der Waals surface area contributed by atoms with Crippen molar-refractivity contribution in [1.29, 1.82) is 0 Å². The SMILES string of the molecule is O=C1Nc2ccccc2Oc2ccc(S(=O)(=O)N3CCCc4ccccc43)cc21. The minimum absolute atomic E-state index is 0.0673. The fourth-order valence-corrected chi connectivity index (χ4v) is 5.35. The molecule has 0 bridgehead atoms. The van der Waals surface area contributed by atoms with Crippen LogP contribution in [0, 0.1) is 0 Å². The highest BCUT2D eigenvalue weighted by Crippen LogP contribution is 2.38. The highest BCUT2D eigenvalue weighted by Gasteiger charge is 2.31. The Labute approximate surface area is 168 Å². The molecule has 146 valence electrons. The van der Waals surface area contributed by atoms with Gasteiger partial charge in [-0.25, -0.2) is 8.42 Å². The van der Waals surface area contributed by atoms with E-state index in [1.165, 1.54) is 16.4 Å². The molecule has 5 rings (SSSR count). The summed E-state index contributed by atoms with van der Waals surface area (Å²) >= 11 is 0. The highest BCUT2D eigenvalue weighted by atomic mass is 32.2. The Balaban J connectivity index is 1.57. The number of hydrogen-bond acceptors (Lipinski definition) is 4. The van der Waals surface area contributed by atoms with Crippen LogP contribution in [0.25, 0.3) is 0 Å². The monoisotopic (exact) mass is 406 g/mol. The van der Waals surface area contributed by atoms with Crippen LogP contribution < -0.4 is 14.4 Å². The molecule has 0 saturated heterocycles. The summed E-state index contributed by atoms with van der Waals surface area (Å²) in [7, 11) is -3.81. The summed E-state index contributed by atoms with van der Waals surface area (Å²) in [5.74, 6) is 0.437. The number of rotatable bonds is 2. The van der Waals surface area contributed by atoms with Crippen molar-refractivity contribution < 1.29 is 17.9 Å². The molecule has 0 aromatic heterocycles. The Kier molecular flexibility index (Phi) is 4.06. The van der Waals surface area contributed by atoms with Crippen LogP contribution in [-0.2, 0) is 16.4 Å². The Hall–Kier alpha value is -3.32. The van der Waals surface area contributed by atoms with E-state index in [9.17, 15) is 13.2 Å². The van der Waals surface area contributed by atoms with E-state index in [0.29, 0.717) is 29.4 Å². The second kappa shape index (κ2) is 6.63. The van der Waals surface area contributed by atoms with Crippen molar-refractivity contribution in [3.8, 4) is 11.5 Å². The molecule has 0 saturated carbocycles. The maximum Gasteiger partial charge on any atom is 0.264 e. The minimum atomic E-state index is -3.81. The van der Waals surface area contributed by atoms with Gasteiger partial charge in [0.05, 0.1) is 21.8 Å². The van der Waals surface area contributed by atoms with Crippen LogP contribution in [0.5, 0.6) is 11.5 Å². The number of anilines is 2. The van der Waals surface area contributed by atoms with E-state index in [1.807, 2.05) is 30.3 Å². The summed E-state index contributed by atoms with van der Waals surface area (Å²) in [4.78, 5) is 12.8. The second-order valence-corrected chi connectivity index (χ2v) is 8.88. The lowest BCUT2D eigenvalue weighted by Crippen LogP contribution is -2.35. The first kappa shape index (κ1) is 17.8. The van der Waals surface area contributed by atoms with E-state index in [2.05, 4.69) is 5.32 Å². The fourth-order valence-electron chi connectivity index (χ4n) is 3.78. The molecule has 3 aromatic carbocycles. The number of para-hydroxylation sites is 3. The number of nitrogens with zero attached hydrogens (tertiary/aromatic N) is 1. The van der Waals surface area contributed by atoms with E-state index < -0.39 is 15.9 Å². The summed E-state index contributed by atoms with van der Waals surface area (Å²) < 4.78 is 34.1. The molecule has 6 nitrogen and oxygen atoms in total. The number of carbonyl (C=O) groups excluding carboxylic acids is 1. The van der Waals surface area contributed by atoms with Crippen LogP contribution in [0.3, 0.4) is 0 Å². The Bertz CT molecular complexity index is 1240. The minimum Gasteiger partial charge on any atom is -0.454 e. The molecule has 0 atom stereocenters. The largest absolute Gasteiger partial charge is 0.454 e. The number of hydrogen-bond donors (Lipinski definition) is 1. The van der Waals surface area contributed by atoms with Crippen molar-refractivity contribution in [3.63, 3.8) is 0 Å². The summed E-state index contributed by atoms with van der Waals surface area (Å²) in [6.45, 7) is 0.407. The molecule has 29 heavy (non-hydrogen) atoms. The van der Waals surface area contributed by atoms with Crippen LogP contribution in [0.1, 0.15) is 22.3 Å². The number of ether oxygens (including phenoxy) is 1. The molecule has 0 fully saturated rings. The lowest BCUT2D eigenvalue weighted by molar-refractivity contribution is 0.102. The molecule has 0 aliphatic carbocycles. The molecule has 2 heterocycles. The Morgan fingerprint density at radius 3 is 2.62 bits per heavy atom. The van der Waals surface area contributed by atoms with Gasteiger partial charge in [-0.1, -0.05) is 30.3 Å².